The molecule has 7 heteroatoms. The van der Waals surface area contributed by atoms with Crippen molar-refractivity contribution in [2.75, 3.05) is 19.7 Å². The molecular formula is C28H36N2O5. The van der Waals surface area contributed by atoms with Crippen LogP contribution in [-0.4, -0.2) is 53.5 Å². The summed E-state index contributed by atoms with van der Waals surface area (Å²) in [5.41, 5.74) is 3.08. The summed E-state index contributed by atoms with van der Waals surface area (Å²) in [4.78, 5) is 38.7. The van der Waals surface area contributed by atoms with Gasteiger partial charge in [0.05, 0.1) is 6.61 Å². The lowest BCUT2D eigenvalue weighted by Gasteiger charge is -2.32. The maximum atomic E-state index is 12.6. The average molecular weight is 481 g/mol. The number of rotatable bonds is 11. The predicted molar refractivity (Wildman–Crippen MR) is 134 cm³/mol. The molecule has 0 aliphatic carbocycles. The van der Waals surface area contributed by atoms with Crippen molar-refractivity contribution in [3.63, 3.8) is 0 Å². The highest BCUT2D eigenvalue weighted by Gasteiger charge is 2.26. The van der Waals surface area contributed by atoms with Gasteiger partial charge in [0.25, 0.3) is 0 Å². The van der Waals surface area contributed by atoms with Gasteiger partial charge in [-0.05, 0) is 62.3 Å². The number of hydrogen-bond donors (Lipinski definition) is 2. The first-order valence-electron chi connectivity index (χ1n) is 12.4. The van der Waals surface area contributed by atoms with Crippen molar-refractivity contribution < 1.29 is 24.2 Å². The van der Waals surface area contributed by atoms with E-state index in [2.05, 4.69) is 5.32 Å². The second-order valence-electron chi connectivity index (χ2n) is 9.25. The van der Waals surface area contributed by atoms with Crippen LogP contribution in [0.1, 0.15) is 49.3 Å². The van der Waals surface area contributed by atoms with Crippen LogP contribution in [0.25, 0.3) is 0 Å². The second kappa shape index (κ2) is 12.9. The Labute approximate surface area is 207 Å². The van der Waals surface area contributed by atoms with Crippen LogP contribution in [0.15, 0.2) is 48.5 Å². The van der Waals surface area contributed by atoms with E-state index in [0.29, 0.717) is 32.5 Å². The van der Waals surface area contributed by atoms with Crippen molar-refractivity contribution in [1.82, 2.24) is 10.2 Å². The van der Waals surface area contributed by atoms with Crippen LogP contribution in [0.2, 0.25) is 0 Å². The molecule has 188 valence electrons. The van der Waals surface area contributed by atoms with Crippen LogP contribution in [-0.2, 0) is 27.2 Å². The Morgan fingerprint density at radius 2 is 1.66 bits per heavy atom. The largest absolute Gasteiger partial charge is 0.494 e. The fourth-order valence-corrected chi connectivity index (χ4v) is 4.39. The van der Waals surface area contributed by atoms with Crippen LogP contribution in [0.3, 0.4) is 0 Å². The van der Waals surface area contributed by atoms with Crippen molar-refractivity contribution in [1.29, 1.82) is 0 Å². The van der Waals surface area contributed by atoms with E-state index in [1.807, 2.05) is 67.3 Å². The summed E-state index contributed by atoms with van der Waals surface area (Å²) in [7, 11) is 0. The molecule has 2 aromatic rings. The summed E-state index contributed by atoms with van der Waals surface area (Å²) in [5.74, 6) is -0.167. The first-order chi connectivity index (χ1) is 16.8. The maximum absolute atomic E-state index is 12.6. The molecule has 0 bridgehead atoms. The number of aryl methyl sites for hydroxylation is 2. The molecule has 0 saturated carbocycles. The van der Waals surface area contributed by atoms with Crippen molar-refractivity contribution in [2.24, 2.45) is 5.92 Å². The van der Waals surface area contributed by atoms with Crippen molar-refractivity contribution in [2.45, 2.75) is 58.4 Å². The Hall–Kier alpha value is -3.35. The molecule has 1 aliphatic rings. The molecule has 2 amide bonds. The van der Waals surface area contributed by atoms with Crippen LogP contribution in [0.4, 0.5) is 0 Å². The van der Waals surface area contributed by atoms with Gasteiger partial charge in [0.2, 0.25) is 11.8 Å². The number of benzene rings is 2. The fourth-order valence-electron chi connectivity index (χ4n) is 4.39. The number of piperidine rings is 1. The van der Waals surface area contributed by atoms with Gasteiger partial charge in [0.15, 0.2) is 0 Å². The Morgan fingerprint density at radius 1 is 1.03 bits per heavy atom. The van der Waals surface area contributed by atoms with Gasteiger partial charge in [-0.1, -0.05) is 42.0 Å². The fraction of sp³-hybridized carbons (Fsp3) is 0.464. The SMILES string of the molecule is CCOc1ccc(CCC(=O)N2CCC(CC(=O)N[C@@H](Cc3ccc(C)cc3)C(=O)O)CC2)cc1. The number of nitrogens with zero attached hydrogens (tertiary/aromatic N) is 1. The maximum Gasteiger partial charge on any atom is 0.326 e. The number of carboxylic acid groups (broad SMARTS) is 1. The number of ether oxygens (including phenoxy) is 1. The highest BCUT2D eigenvalue weighted by molar-refractivity contribution is 5.84. The molecule has 1 atom stereocenters. The second-order valence-corrected chi connectivity index (χ2v) is 9.25. The van der Waals surface area contributed by atoms with E-state index in [9.17, 15) is 19.5 Å². The van der Waals surface area contributed by atoms with E-state index >= 15 is 0 Å². The molecule has 0 aromatic heterocycles. The van der Waals surface area contributed by atoms with Gasteiger partial charge in [-0.3, -0.25) is 9.59 Å². The summed E-state index contributed by atoms with van der Waals surface area (Å²) in [5, 5.41) is 12.2. The van der Waals surface area contributed by atoms with E-state index < -0.39 is 12.0 Å². The molecule has 0 spiro atoms. The summed E-state index contributed by atoms with van der Waals surface area (Å²) in [6, 6.07) is 14.5. The van der Waals surface area contributed by atoms with Gasteiger partial charge in [-0.15, -0.1) is 0 Å². The third-order valence-electron chi connectivity index (χ3n) is 6.50. The van der Waals surface area contributed by atoms with E-state index in [1.165, 1.54) is 0 Å². The van der Waals surface area contributed by atoms with Gasteiger partial charge in [0, 0.05) is 32.4 Å². The molecule has 2 aromatic carbocycles. The molecule has 2 N–H and O–H groups in total. The number of carbonyl (C=O) groups excluding carboxylic acids is 2. The number of nitrogens with one attached hydrogen (secondary N) is 1. The smallest absolute Gasteiger partial charge is 0.326 e. The van der Waals surface area contributed by atoms with Gasteiger partial charge in [-0.25, -0.2) is 4.79 Å². The Morgan fingerprint density at radius 3 is 2.26 bits per heavy atom. The van der Waals surface area contributed by atoms with Gasteiger partial charge in [0.1, 0.15) is 11.8 Å². The van der Waals surface area contributed by atoms with Crippen LogP contribution >= 0.6 is 0 Å². The quantitative estimate of drug-likeness (QED) is 0.511. The molecule has 3 rings (SSSR count). The third kappa shape index (κ3) is 8.42. The minimum atomic E-state index is -1.04. The minimum Gasteiger partial charge on any atom is -0.494 e. The van der Waals surface area contributed by atoms with Crippen molar-refractivity contribution in [3.8, 4) is 5.75 Å². The minimum absolute atomic E-state index is 0.130. The molecule has 7 nitrogen and oxygen atoms in total. The summed E-state index contributed by atoms with van der Waals surface area (Å²) in [6.45, 7) is 5.81. The zero-order valence-corrected chi connectivity index (χ0v) is 20.7. The Bertz CT molecular complexity index is 979. The Kier molecular flexibility index (Phi) is 9.70. The van der Waals surface area contributed by atoms with Gasteiger partial charge >= 0.3 is 5.97 Å². The van der Waals surface area contributed by atoms with Crippen LogP contribution in [0.5, 0.6) is 5.75 Å². The van der Waals surface area contributed by atoms with Crippen molar-refractivity contribution in [3.05, 3.63) is 65.2 Å². The van der Waals surface area contributed by atoms with Crippen molar-refractivity contribution >= 4 is 17.8 Å². The first-order valence-corrected chi connectivity index (χ1v) is 12.4. The molecule has 0 unspecified atom stereocenters. The monoisotopic (exact) mass is 480 g/mol. The topological polar surface area (TPSA) is 95.9 Å². The van der Waals surface area contributed by atoms with Gasteiger partial charge in [-0.2, -0.15) is 0 Å². The third-order valence-corrected chi connectivity index (χ3v) is 6.50. The van der Waals surface area contributed by atoms with Gasteiger partial charge < -0.3 is 20.1 Å². The molecular weight excluding hydrogens is 444 g/mol. The first kappa shape index (κ1) is 26.3. The zero-order valence-electron chi connectivity index (χ0n) is 20.7. The number of aliphatic carboxylic acids is 1. The lowest BCUT2D eigenvalue weighted by molar-refractivity contribution is -0.142. The molecule has 35 heavy (non-hydrogen) atoms. The van der Waals surface area contributed by atoms with Crippen LogP contribution < -0.4 is 10.1 Å². The number of hydrogen-bond acceptors (Lipinski definition) is 4. The number of amides is 2. The average Bonchev–Trinajstić information content (AvgIpc) is 2.85. The lowest BCUT2D eigenvalue weighted by Crippen LogP contribution is -2.44. The summed E-state index contributed by atoms with van der Waals surface area (Å²) in [6.07, 6.45) is 3.17. The molecule has 1 fully saturated rings. The van der Waals surface area contributed by atoms with E-state index in [0.717, 1.165) is 35.3 Å². The number of carbonyl (C=O) groups is 3. The number of likely N-dealkylation sites (tertiary alicyclic amines) is 1. The molecule has 1 heterocycles. The zero-order chi connectivity index (χ0) is 25.2. The molecule has 1 saturated heterocycles. The van der Waals surface area contributed by atoms with E-state index in [-0.39, 0.29) is 30.6 Å². The lowest BCUT2D eigenvalue weighted by atomic mass is 9.92. The standard InChI is InChI=1S/C28H36N2O5/c1-3-35-24-11-8-21(9-12-24)10-13-27(32)30-16-14-23(15-17-30)19-26(31)29-25(28(33)34)18-22-6-4-20(2)5-7-22/h4-9,11-12,23,25H,3,10,13-19H2,1-2H3,(H,29,31)(H,33,34)/t25-/m0/s1. The van der Waals surface area contributed by atoms with Crippen LogP contribution in [0, 0.1) is 12.8 Å². The highest BCUT2D eigenvalue weighted by atomic mass is 16.5. The summed E-state index contributed by atoms with van der Waals surface area (Å²) >= 11 is 0. The molecule has 1 aliphatic heterocycles. The number of carboxylic acids is 1. The normalized spacial score (nSPS) is 14.9. The molecule has 0 radical (unpaired) electrons. The highest BCUT2D eigenvalue weighted by Crippen LogP contribution is 2.22. The van der Waals surface area contributed by atoms with E-state index in [4.69, 9.17) is 4.74 Å². The Balaban J connectivity index is 1.39. The van der Waals surface area contributed by atoms with E-state index in [1.54, 1.807) is 0 Å². The summed E-state index contributed by atoms with van der Waals surface area (Å²) < 4.78 is 5.45. The predicted octanol–water partition coefficient (Wildman–Crippen LogP) is 3.77.